The molecule has 136 valence electrons. The highest BCUT2D eigenvalue weighted by molar-refractivity contribution is 5.87. The third-order valence-electron chi connectivity index (χ3n) is 5.54. The SMILES string of the molecule is NC(=O)C1(c2ccccn2)CCCN(CC(=O)NC2CCCCC2)C1. The van der Waals surface area contributed by atoms with Crippen LogP contribution in [0, 0.1) is 0 Å². The molecular weight excluding hydrogens is 316 g/mol. The third kappa shape index (κ3) is 4.18. The zero-order chi connectivity index (χ0) is 17.7. The summed E-state index contributed by atoms with van der Waals surface area (Å²) in [6, 6.07) is 5.87. The Morgan fingerprint density at radius 2 is 2.04 bits per heavy atom. The summed E-state index contributed by atoms with van der Waals surface area (Å²) >= 11 is 0. The quantitative estimate of drug-likeness (QED) is 0.844. The van der Waals surface area contributed by atoms with Crippen LogP contribution < -0.4 is 11.1 Å². The second kappa shape index (κ2) is 7.95. The van der Waals surface area contributed by atoms with E-state index in [9.17, 15) is 9.59 Å². The van der Waals surface area contributed by atoms with Crippen molar-refractivity contribution in [3.8, 4) is 0 Å². The molecule has 25 heavy (non-hydrogen) atoms. The summed E-state index contributed by atoms with van der Waals surface area (Å²) in [7, 11) is 0. The first-order chi connectivity index (χ1) is 12.1. The second-order valence-electron chi connectivity index (χ2n) is 7.38. The van der Waals surface area contributed by atoms with Gasteiger partial charge in [-0.05, 0) is 44.4 Å². The van der Waals surface area contributed by atoms with Crippen molar-refractivity contribution in [3.05, 3.63) is 30.1 Å². The Hall–Kier alpha value is -1.95. The minimum atomic E-state index is -0.801. The monoisotopic (exact) mass is 344 g/mol. The van der Waals surface area contributed by atoms with Gasteiger partial charge >= 0.3 is 0 Å². The van der Waals surface area contributed by atoms with E-state index in [4.69, 9.17) is 5.73 Å². The van der Waals surface area contributed by atoms with Gasteiger partial charge in [0.15, 0.2) is 0 Å². The summed E-state index contributed by atoms with van der Waals surface area (Å²) in [5, 5.41) is 3.15. The lowest BCUT2D eigenvalue weighted by molar-refractivity contribution is -0.129. The van der Waals surface area contributed by atoms with Gasteiger partial charge in [0.2, 0.25) is 11.8 Å². The van der Waals surface area contributed by atoms with Crippen LogP contribution in [-0.2, 0) is 15.0 Å². The number of primary amides is 1. The number of hydrogen-bond acceptors (Lipinski definition) is 4. The second-order valence-corrected chi connectivity index (χ2v) is 7.38. The zero-order valence-corrected chi connectivity index (χ0v) is 14.7. The van der Waals surface area contributed by atoms with E-state index in [0.717, 1.165) is 25.8 Å². The van der Waals surface area contributed by atoms with Gasteiger partial charge in [-0.2, -0.15) is 0 Å². The number of nitrogens with one attached hydrogen (secondary N) is 1. The van der Waals surface area contributed by atoms with Gasteiger partial charge in [0.25, 0.3) is 0 Å². The van der Waals surface area contributed by atoms with Gasteiger partial charge in [0, 0.05) is 18.8 Å². The van der Waals surface area contributed by atoms with Gasteiger partial charge in [0.05, 0.1) is 12.2 Å². The first kappa shape index (κ1) is 17.9. The molecule has 0 spiro atoms. The highest BCUT2D eigenvalue weighted by Crippen LogP contribution is 2.32. The van der Waals surface area contributed by atoms with Crippen molar-refractivity contribution >= 4 is 11.8 Å². The van der Waals surface area contributed by atoms with E-state index >= 15 is 0 Å². The van der Waals surface area contributed by atoms with Gasteiger partial charge in [0.1, 0.15) is 5.41 Å². The van der Waals surface area contributed by atoms with E-state index in [-0.39, 0.29) is 11.8 Å². The molecule has 1 atom stereocenters. The largest absolute Gasteiger partial charge is 0.369 e. The average Bonchev–Trinajstić information content (AvgIpc) is 2.63. The lowest BCUT2D eigenvalue weighted by atomic mass is 9.76. The van der Waals surface area contributed by atoms with Gasteiger partial charge < -0.3 is 11.1 Å². The van der Waals surface area contributed by atoms with Gasteiger partial charge in [-0.1, -0.05) is 25.3 Å². The molecule has 1 unspecified atom stereocenters. The highest BCUT2D eigenvalue weighted by Gasteiger charge is 2.43. The highest BCUT2D eigenvalue weighted by atomic mass is 16.2. The number of amides is 2. The predicted molar refractivity (Wildman–Crippen MR) is 95.8 cm³/mol. The van der Waals surface area contributed by atoms with Crippen LogP contribution in [0.1, 0.15) is 50.6 Å². The summed E-state index contributed by atoms with van der Waals surface area (Å²) in [5.74, 6) is -0.309. The molecular formula is C19H28N4O2. The molecule has 6 nitrogen and oxygen atoms in total. The number of rotatable bonds is 5. The van der Waals surface area contributed by atoms with Crippen LogP contribution in [0.2, 0.25) is 0 Å². The van der Waals surface area contributed by atoms with E-state index in [1.54, 1.807) is 6.20 Å². The Morgan fingerprint density at radius 3 is 2.72 bits per heavy atom. The Morgan fingerprint density at radius 1 is 1.24 bits per heavy atom. The first-order valence-electron chi connectivity index (χ1n) is 9.33. The molecule has 1 saturated heterocycles. The summed E-state index contributed by atoms with van der Waals surface area (Å²) in [4.78, 5) is 31.1. The summed E-state index contributed by atoms with van der Waals surface area (Å²) in [5.41, 5.74) is 5.68. The van der Waals surface area contributed by atoms with Crippen molar-refractivity contribution in [1.82, 2.24) is 15.2 Å². The average molecular weight is 344 g/mol. The Balaban J connectivity index is 1.65. The van der Waals surface area contributed by atoms with Crippen molar-refractivity contribution in [2.24, 2.45) is 5.73 Å². The number of piperidine rings is 1. The molecule has 3 rings (SSSR count). The van der Waals surface area contributed by atoms with Crippen LogP contribution in [0.3, 0.4) is 0 Å². The van der Waals surface area contributed by atoms with Gasteiger partial charge in [-0.15, -0.1) is 0 Å². The van der Waals surface area contributed by atoms with E-state index in [0.29, 0.717) is 31.2 Å². The predicted octanol–water partition coefficient (Wildman–Crippen LogP) is 1.35. The maximum Gasteiger partial charge on any atom is 0.234 e. The smallest absolute Gasteiger partial charge is 0.234 e. The molecule has 6 heteroatoms. The minimum Gasteiger partial charge on any atom is -0.369 e. The minimum absolute atomic E-state index is 0.0493. The Labute approximate surface area is 149 Å². The fourth-order valence-electron chi connectivity index (χ4n) is 4.18. The maximum atomic E-state index is 12.4. The number of aromatic nitrogens is 1. The van der Waals surface area contributed by atoms with Crippen LogP contribution in [0.5, 0.6) is 0 Å². The molecule has 1 saturated carbocycles. The fraction of sp³-hybridized carbons (Fsp3) is 0.632. The number of carbonyl (C=O) groups is 2. The molecule has 2 fully saturated rings. The van der Waals surface area contributed by atoms with Crippen molar-refractivity contribution in [2.75, 3.05) is 19.6 Å². The van der Waals surface area contributed by atoms with Gasteiger partial charge in [-0.3, -0.25) is 19.5 Å². The molecule has 1 aliphatic heterocycles. The van der Waals surface area contributed by atoms with Crippen LogP contribution in [0.4, 0.5) is 0 Å². The standard InChI is InChI=1S/C19H28N4O2/c20-18(25)19(16-9-4-5-11-21-16)10-6-12-23(14-19)13-17(24)22-15-7-2-1-3-8-15/h4-5,9,11,15H,1-3,6-8,10,12-14H2,(H2,20,25)(H,22,24). The molecule has 2 heterocycles. The third-order valence-corrected chi connectivity index (χ3v) is 5.54. The van der Waals surface area contributed by atoms with Crippen LogP contribution in [0.15, 0.2) is 24.4 Å². The molecule has 0 bridgehead atoms. The molecule has 1 aromatic rings. The van der Waals surface area contributed by atoms with Crippen LogP contribution >= 0.6 is 0 Å². The lowest BCUT2D eigenvalue weighted by Gasteiger charge is -2.40. The van der Waals surface area contributed by atoms with Crippen LogP contribution in [0.25, 0.3) is 0 Å². The first-order valence-corrected chi connectivity index (χ1v) is 9.33. The van der Waals surface area contributed by atoms with Crippen LogP contribution in [-0.4, -0.2) is 47.4 Å². The number of nitrogens with zero attached hydrogens (tertiary/aromatic N) is 2. The van der Waals surface area contributed by atoms with Crippen molar-refractivity contribution in [1.29, 1.82) is 0 Å². The van der Waals surface area contributed by atoms with Gasteiger partial charge in [-0.25, -0.2) is 0 Å². The number of nitrogens with two attached hydrogens (primary N) is 1. The Bertz CT molecular complexity index is 601. The van der Waals surface area contributed by atoms with Crippen molar-refractivity contribution in [3.63, 3.8) is 0 Å². The molecule has 2 amide bonds. The summed E-state index contributed by atoms with van der Waals surface area (Å²) in [6.45, 7) is 1.58. The topological polar surface area (TPSA) is 88.3 Å². The van der Waals surface area contributed by atoms with E-state index in [1.807, 2.05) is 23.1 Å². The zero-order valence-electron chi connectivity index (χ0n) is 14.7. The maximum absolute atomic E-state index is 12.4. The number of carbonyl (C=O) groups excluding carboxylic acids is 2. The summed E-state index contributed by atoms with van der Waals surface area (Å²) in [6.07, 6.45) is 9.00. The van der Waals surface area contributed by atoms with E-state index < -0.39 is 5.41 Å². The van der Waals surface area contributed by atoms with Crippen molar-refractivity contribution in [2.45, 2.75) is 56.4 Å². The van der Waals surface area contributed by atoms with Crippen molar-refractivity contribution < 1.29 is 9.59 Å². The molecule has 3 N–H and O–H groups in total. The van der Waals surface area contributed by atoms with E-state index in [1.165, 1.54) is 19.3 Å². The molecule has 0 radical (unpaired) electrons. The number of pyridine rings is 1. The normalized spacial score (nSPS) is 25.4. The van der Waals surface area contributed by atoms with E-state index in [2.05, 4.69) is 10.3 Å². The number of likely N-dealkylation sites (tertiary alicyclic amines) is 1. The molecule has 0 aromatic carbocycles. The Kier molecular flexibility index (Phi) is 5.68. The molecule has 1 aromatic heterocycles. The fourth-order valence-corrected chi connectivity index (χ4v) is 4.18. The number of hydrogen-bond donors (Lipinski definition) is 2. The lowest BCUT2D eigenvalue weighted by Crippen LogP contribution is -2.56. The summed E-state index contributed by atoms with van der Waals surface area (Å²) < 4.78 is 0. The molecule has 2 aliphatic rings. The molecule has 1 aliphatic carbocycles.